The van der Waals surface area contributed by atoms with E-state index in [-0.39, 0.29) is 0 Å². The highest BCUT2D eigenvalue weighted by molar-refractivity contribution is 8.79. The molecule has 0 rings (SSSR count). The van der Waals surface area contributed by atoms with Crippen LogP contribution in [-0.4, -0.2) is 52.6 Å². The van der Waals surface area contributed by atoms with Crippen molar-refractivity contribution in [2.75, 3.05) is 36.9 Å². The van der Waals surface area contributed by atoms with Gasteiger partial charge in [-0.1, -0.05) is 78.6 Å². The Balaban J connectivity index is 4.21. The van der Waals surface area contributed by atoms with Gasteiger partial charge in [0.25, 0.3) is 0 Å². The minimum atomic E-state index is 0.600. The quantitative estimate of drug-likeness (QED) is 0.304. The Morgan fingerprint density at radius 3 is 1.35 bits per heavy atom. The van der Waals surface area contributed by atoms with Crippen molar-refractivity contribution in [1.29, 1.82) is 0 Å². The van der Waals surface area contributed by atoms with Crippen molar-refractivity contribution in [3.63, 3.8) is 0 Å². The van der Waals surface area contributed by atoms with Gasteiger partial charge in [0, 0.05) is 52.6 Å². The van der Waals surface area contributed by atoms with Gasteiger partial charge in [0.2, 0.25) is 0 Å². The lowest BCUT2D eigenvalue weighted by Crippen LogP contribution is -2.25. The molecule has 0 fully saturated rings. The molecule has 0 aliphatic heterocycles. The predicted molar refractivity (Wildman–Crippen MR) is 110 cm³/mol. The fourth-order valence-electron chi connectivity index (χ4n) is 1.23. The first-order chi connectivity index (χ1) is 9.67. The molecule has 0 amide bonds. The van der Waals surface area contributed by atoms with Crippen molar-refractivity contribution in [3.05, 3.63) is 0 Å². The van der Waals surface area contributed by atoms with Crippen molar-refractivity contribution in [2.24, 2.45) is 17.2 Å². The van der Waals surface area contributed by atoms with Crippen molar-refractivity contribution >= 4 is 64.8 Å². The van der Waals surface area contributed by atoms with Crippen molar-refractivity contribution in [3.8, 4) is 0 Å². The van der Waals surface area contributed by atoms with Crippen LogP contribution in [0.3, 0.4) is 0 Å². The second kappa shape index (κ2) is 15.9. The smallest absolute Gasteiger partial charge is 0.0400 e. The molecule has 0 aliphatic rings. The Kier molecular flexibility index (Phi) is 17.4. The van der Waals surface area contributed by atoms with Gasteiger partial charge in [-0.2, -0.15) is 0 Å². The van der Waals surface area contributed by atoms with Crippen LogP contribution in [0.2, 0.25) is 0 Å². The Morgan fingerprint density at radius 2 is 1.00 bits per heavy atom. The van der Waals surface area contributed by atoms with Crippen LogP contribution < -0.4 is 17.2 Å². The lowest BCUT2D eigenvalue weighted by molar-refractivity contribution is 0.835. The zero-order valence-electron chi connectivity index (χ0n) is 12.2. The van der Waals surface area contributed by atoms with Crippen LogP contribution in [0.1, 0.15) is 13.8 Å². The Labute approximate surface area is 147 Å². The summed E-state index contributed by atoms with van der Waals surface area (Å²) in [5.74, 6) is 3.05. The molecule has 2 atom stereocenters. The molecular weight excluding hydrogens is 367 g/mol. The minimum absolute atomic E-state index is 0.600. The number of hydrogen-bond acceptors (Lipinski definition) is 9. The van der Waals surface area contributed by atoms with E-state index in [2.05, 4.69) is 13.8 Å². The van der Waals surface area contributed by atoms with E-state index in [9.17, 15) is 0 Å². The molecular formula is C11H27N3S6. The molecule has 9 heteroatoms. The Bertz CT molecular complexity index is 197. The Hall–Kier alpha value is 1.98. The van der Waals surface area contributed by atoms with Gasteiger partial charge in [0.05, 0.1) is 0 Å². The molecule has 20 heavy (non-hydrogen) atoms. The second-order valence-corrected chi connectivity index (χ2v) is 12.4. The van der Waals surface area contributed by atoms with Crippen molar-refractivity contribution < 1.29 is 0 Å². The van der Waals surface area contributed by atoms with Crippen LogP contribution >= 0.6 is 64.8 Å². The Morgan fingerprint density at radius 1 is 0.650 bits per heavy atom. The summed E-state index contributed by atoms with van der Waals surface area (Å²) in [6.45, 7) is 6.89. The largest absolute Gasteiger partial charge is 0.330 e. The molecule has 0 aromatic rings. The van der Waals surface area contributed by atoms with Gasteiger partial charge in [-0.05, 0) is 0 Å². The summed E-state index contributed by atoms with van der Waals surface area (Å²) < 4.78 is 0. The molecule has 6 N–H and O–H groups in total. The summed E-state index contributed by atoms with van der Waals surface area (Å²) in [4.78, 5) is 0. The van der Waals surface area contributed by atoms with E-state index < -0.39 is 0 Å². The average Bonchev–Trinajstić information content (AvgIpc) is 2.44. The van der Waals surface area contributed by atoms with Gasteiger partial charge < -0.3 is 17.2 Å². The van der Waals surface area contributed by atoms with Crippen LogP contribution in [0.4, 0.5) is 0 Å². The van der Waals surface area contributed by atoms with E-state index in [1.165, 1.54) is 0 Å². The fraction of sp³-hybridized carbons (Fsp3) is 1.00. The first-order valence-corrected chi connectivity index (χ1v) is 13.8. The summed E-state index contributed by atoms with van der Waals surface area (Å²) in [5, 5.41) is 1.81. The summed E-state index contributed by atoms with van der Waals surface area (Å²) in [6, 6.07) is 0. The molecule has 0 aliphatic carbocycles. The van der Waals surface area contributed by atoms with E-state index in [1.54, 1.807) is 0 Å². The molecule has 122 valence electrons. The van der Waals surface area contributed by atoms with Crippen molar-refractivity contribution in [1.82, 2.24) is 0 Å². The summed E-state index contributed by atoms with van der Waals surface area (Å²) in [7, 11) is 11.6. The molecule has 0 saturated heterocycles. The van der Waals surface area contributed by atoms with E-state index in [4.69, 9.17) is 17.2 Å². The highest BCUT2D eigenvalue weighted by Crippen LogP contribution is 2.44. The van der Waals surface area contributed by atoms with Gasteiger partial charge in [-0.3, -0.25) is 0 Å². The topological polar surface area (TPSA) is 78.1 Å². The molecule has 3 nitrogen and oxygen atoms in total. The SMILES string of the molecule is CC(SSCCN)C(SSCCN)C(C)SSCCN. The minimum Gasteiger partial charge on any atom is -0.330 e. The number of rotatable bonds is 14. The van der Waals surface area contributed by atoms with Gasteiger partial charge >= 0.3 is 0 Å². The maximum absolute atomic E-state index is 5.58. The molecule has 0 radical (unpaired) electrons. The average molecular weight is 394 g/mol. The van der Waals surface area contributed by atoms with Gasteiger partial charge in [-0.25, -0.2) is 0 Å². The van der Waals surface area contributed by atoms with Crippen LogP contribution in [0.15, 0.2) is 0 Å². The van der Waals surface area contributed by atoms with Crippen LogP contribution in [0.5, 0.6) is 0 Å². The number of hydrogen-bond donors (Lipinski definition) is 3. The lowest BCUT2D eigenvalue weighted by Gasteiger charge is -2.27. The standard InChI is InChI=1S/C11H27N3S6/c1-9(18-15-6-3-12)11(20-17-8-5-14)10(2)19-16-7-4-13/h9-11H,3-8,12-14H2,1-2H3. The molecule has 0 aromatic carbocycles. The molecule has 0 spiro atoms. The third kappa shape index (κ3) is 11.5. The van der Waals surface area contributed by atoms with E-state index in [1.807, 2.05) is 64.8 Å². The molecule has 0 heterocycles. The summed E-state index contributed by atoms with van der Waals surface area (Å²) in [6.07, 6.45) is 0. The van der Waals surface area contributed by atoms with Crippen LogP contribution in [0.25, 0.3) is 0 Å². The number of nitrogens with two attached hydrogens (primary N) is 3. The first kappa shape index (κ1) is 22.0. The fourth-order valence-corrected chi connectivity index (χ4v) is 10.2. The molecule has 0 bridgehead atoms. The van der Waals surface area contributed by atoms with E-state index >= 15 is 0 Å². The molecule has 0 saturated carbocycles. The summed E-state index contributed by atoms with van der Waals surface area (Å²) >= 11 is 0. The lowest BCUT2D eigenvalue weighted by atomic mass is 10.2. The van der Waals surface area contributed by atoms with Gasteiger partial charge in [0.1, 0.15) is 0 Å². The monoisotopic (exact) mass is 393 g/mol. The van der Waals surface area contributed by atoms with E-state index in [0.29, 0.717) is 15.7 Å². The highest BCUT2D eigenvalue weighted by atomic mass is 33.1. The molecule has 2 unspecified atom stereocenters. The zero-order chi connectivity index (χ0) is 15.2. The third-order valence-electron chi connectivity index (χ3n) is 2.15. The van der Waals surface area contributed by atoms with Gasteiger partial charge in [-0.15, -0.1) is 0 Å². The highest BCUT2D eigenvalue weighted by Gasteiger charge is 2.26. The molecule has 0 aromatic heterocycles. The second-order valence-electron chi connectivity index (χ2n) is 4.00. The first-order valence-electron chi connectivity index (χ1n) is 6.62. The normalized spacial score (nSPS) is 16.1. The predicted octanol–water partition coefficient (Wildman–Crippen LogP) is 3.15. The maximum Gasteiger partial charge on any atom is 0.0400 e. The van der Waals surface area contributed by atoms with Crippen molar-refractivity contribution in [2.45, 2.75) is 29.6 Å². The third-order valence-corrected chi connectivity index (χ3v) is 11.6. The summed E-state index contributed by atoms with van der Waals surface area (Å²) in [5.41, 5.74) is 16.7. The zero-order valence-corrected chi connectivity index (χ0v) is 17.1. The maximum atomic E-state index is 5.58. The van der Waals surface area contributed by atoms with E-state index in [0.717, 1.165) is 36.9 Å². The van der Waals surface area contributed by atoms with Crippen LogP contribution in [-0.2, 0) is 0 Å². The van der Waals surface area contributed by atoms with Gasteiger partial charge in [0.15, 0.2) is 0 Å². The van der Waals surface area contributed by atoms with Crippen LogP contribution in [0, 0.1) is 0 Å².